The standard InChI is InChI=1S/C17H20BrClO/c18-10-17(8-11-1-2-14(17)5-11)9-13-7-15(19)6-12-3-4-20-16(12)13/h6-7,11,14H,1-5,8-10H2. The lowest BCUT2D eigenvalue weighted by Crippen LogP contribution is -2.32. The summed E-state index contributed by atoms with van der Waals surface area (Å²) < 4.78 is 5.89. The van der Waals surface area contributed by atoms with Gasteiger partial charge in [0.05, 0.1) is 6.61 Å². The van der Waals surface area contributed by atoms with Gasteiger partial charge in [-0.25, -0.2) is 0 Å². The fraction of sp³-hybridized carbons (Fsp3) is 0.647. The predicted octanol–water partition coefficient (Wildman–Crippen LogP) is 5.02. The molecule has 1 heterocycles. The van der Waals surface area contributed by atoms with Crippen molar-refractivity contribution in [3.05, 3.63) is 28.3 Å². The second-order valence-corrected chi connectivity index (χ2v) is 7.90. The topological polar surface area (TPSA) is 9.23 Å². The van der Waals surface area contributed by atoms with E-state index in [0.717, 1.165) is 47.4 Å². The van der Waals surface area contributed by atoms with Gasteiger partial charge >= 0.3 is 0 Å². The molecule has 0 spiro atoms. The quantitative estimate of drug-likeness (QED) is 0.692. The maximum absolute atomic E-state index is 6.31. The Balaban J connectivity index is 1.69. The summed E-state index contributed by atoms with van der Waals surface area (Å²) in [6.45, 7) is 0.816. The van der Waals surface area contributed by atoms with Crippen molar-refractivity contribution in [3.8, 4) is 5.75 Å². The number of rotatable bonds is 3. The van der Waals surface area contributed by atoms with E-state index in [4.69, 9.17) is 16.3 Å². The second-order valence-electron chi connectivity index (χ2n) is 6.90. The van der Waals surface area contributed by atoms with Gasteiger partial charge in [-0.1, -0.05) is 34.0 Å². The Bertz CT molecular complexity index is 544. The van der Waals surface area contributed by atoms with Crippen molar-refractivity contribution in [1.29, 1.82) is 0 Å². The molecule has 2 fully saturated rings. The average molecular weight is 356 g/mol. The van der Waals surface area contributed by atoms with Crippen LogP contribution in [-0.4, -0.2) is 11.9 Å². The summed E-state index contributed by atoms with van der Waals surface area (Å²) in [4.78, 5) is 0. The lowest BCUT2D eigenvalue weighted by molar-refractivity contribution is 0.194. The zero-order valence-corrected chi connectivity index (χ0v) is 14.0. The molecule has 1 aromatic rings. The molecule has 3 atom stereocenters. The smallest absolute Gasteiger partial charge is 0.125 e. The molecular formula is C17H20BrClO. The Morgan fingerprint density at radius 3 is 2.95 bits per heavy atom. The van der Waals surface area contributed by atoms with Gasteiger partial charge in [-0.2, -0.15) is 0 Å². The fourth-order valence-corrected chi connectivity index (χ4v) is 5.99. The van der Waals surface area contributed by atoms with Crippen LogP contribution >= 0.6 is 27.5 Å². The lowest BCUT2D eigenvalue weighted by atomic mass is 9.70. The summed E-state index contributed by atoms with van der Waals surface area (Å²) in [6, 6.07) is 4.22. The zero-order valence-electron chi connectivity index (χ0n) is 11.6. The molecule has 3 heteroatoms. The number of hydrogen-bond acceptors (Lipinski definition) is 1. The minimum absolute atomic E-state index is 0.438. The van der Waals surface area contributed by atoms with Crippen molar-refractivity contribution < 1.29 is 4.74 Å². The number of fused-ring (bicyclic) bond motifs is 3. The van der Waals surface area contributed by atoms with Crippen LogP contribution in [0.1, 0.15) is 36.8 Å². The summed E-state index contributed by atoms with van der Waals surface area (Å²) in [5.74, 6) is 2.99. The molecule has 2 saturated carbocycles. The van der Waals surface area contributed by atoms with Crippen molar-refractivity contribution in [3.63, 3.8) is 0 Å². The van der Waals surface area contributed by atoms with Crippen molar-refractivity contribution >= 4 is 27.5 Å². The van der Waals surface area contributed by atoms with Crippen LogP contribution in [0.25, 0.3) is 0 Å². The van der Waals surface area contributed by atoms with Crippen molar-refractivity contribution in [1.82, 2.24) is 0 Å². The number of benzene rings is 1. The van der Waals surface area contributed by atoms with Crippen LogP contribution in [0.15, 0.2) is 12.1 Å². The van der Waals surface area contributed by atoms with Crippen LogP contribution in [0, 0.1) is 17.3 Å². The molecule has 0 aromatic heterocycles. The molecule has 4 rings (SSSR count). The number of hydrogen-bond donors (Lipinski definition) is 0. The number of halogens is 2. The van der Waals surface area contributed by atoms with Crippen LogP contribution in [0.4, 0.5) is 0 Å². The summed E-state index contributed by atoms with van der Waals surface area (Å²) in [5, 5.41) is 1.99. The lowest BCUT2D eigenvalue weighted by Gasteiger charge is -2.37. The van der Waals surface area contributed by atoms with E-state index in [9.17, 15) is 0 Å². The van der Waals surface area contributed by atoms with Gasteiger partial charge in [0.1, 0.15) is 5.75 Å². The molecule has 2 aliphatic carbocycles. The van der Waals surface area contributed by atoms with E-state index in [1.54, 1.807) is 0 Å². The maximum Gasteiger partial charge on any atom is 0.125 e. The van der Waals surface area contributed by atoms with Gasteiger partial charge in [0, 0.05) is 16.8 Å². The fourth-order valence-electron chi connectivity index (χ4n) is 4.84. The van der Waals surface area contributed by atoms with Gasteiger partial charge in [-0.3, -0.25) is 0 Å². The highest BCUT2D eigenvalue weighted by atomic mass is 79.9. The van der Waals surface area contributed by atoms with Crippen LogP contribution < -0.4 is 4.74 Å². The molecule has 3 aliphatic rings. The van der Waals surface area contributed by atoms with Crippen LogP contribution in [0.2, 0.25) is 5.02 Å². The van der Waals surface area contributed by atoms with E-state index in [-0.39, 0.29) is 0 Å². The molecule has 0 saturated heterocycles. The Morgan fingerprint density at radius 1 is 1.35 bits per heavy atom. The predicted molar refractivity (Wildman–Crippen MR) is 86.0 cm³/mol. The highest BCUT2D eigenvalue weighted by Crippen LogP contribution is 2.58. The van der Waals surface area contributed by atoms with Gasteiger partial charge in [0.15, 0.2) is 0 Å². The Hall–Kier alpha value is -0.210. The van der Waals surface area contributed by atoms with E-state index >= 15 is 0 Å². The molecule has 0 amide bonds. The minimum atomic E-state index is 0.438. The summed E-state index contributed by atoms with van der Waals surface area (Å²) in [5.41, 5.74) is 3.09. The third-order valence-corrected chi connectivity index (χ3v) is 7.07. The van der Waals surface area contributed by atoms with Gasteiger partial charge < -0.3 is 4.74 Å². The second kappa shape index (κ2) is 4.91. The van der Waals surface area contributed by atoms with Crippen LogP contribution in [0.5, 0.6) is 5.75 Å². The van der Waals surface area contributed by atoms with Crippen molar-refractivity contribution in [2.75, 3.05) is 11.9 Å². The molecular weight excluding hydrogens is 336 g/mol. The van der Waals surface area contributed by atoms with Crippen molar-refractivity contribution in [2.45, 2.75) is 38.5 Å². The zero-order chi connectivity index (χ0) is 13.7. The average Bonchev–Trinajstić information content (AvgIpc) is 3.12. The van der Waals surface area contributed by atoms with E-state index in [1.807, 2.05) is 0 Å². The summed E-state index contributed by atoms with van der Waals surface area (Å²) >= 11 is 10.1. The van der Waals surface area contributed by atoms with Crippen molar-refractivity contribution in [2.24, 2.45) is 17.3 Å². The van der Waals surface area contributed by atoms with Gasteiger partial charge in [0.2, 0.25) is 0 Å². The number of ether oxygens (including phenoxy) is 1. The summed E-state index contributed by atoms with van der Waals surface area (Å²) in [6.07, 6.45) is 7.82. The Morgan fingerprint density at radius 2 is 2.25 bits per heavy atom. The molecule has 2 bridgehead atoms. The summed E-state index contributed by atoms with van der Waals surface area (Å²) in [7, 11) is 0. The molecule has 0 radical (unpaired) electrons. The van der Waals surface area contributed by atoms with Gasteiger partial charge in [-0.05, 0) is 66.2 Å². The number of alkyl halides is 1. The largest absolute Gasteiger partial charge is 0.493 e. The highest BCUT2D eigenvalue weighted by molar-refractivity contribution is 9.09. The van der Waals surface area contributed by atoms with Gasteiger partial charge in [-0.15, -0.1) is 0 Å². The normalized spacial score (nSPS) is 34.3. The maximum atomic E-state index is 6.31. The first-order chi connectivity index (χ1) is 9.70. The van der Waals surface area contributed by atoms with E-state index < -0.39 is 0 Å². The first kappa shape index (κ1) is 13.5. The molecule has 20 heavy (non-hydrogen) atoms. The first-order valence-electron chi connectivity index (χ1n) is 7.70. The van der Waals surface area contributed by atoms with Crippen LogP contribution in [-0.2, 0) is 12.8 Å². The Kier molecular flexibility index (Phi) is 3.30. The van der Waals surface area contributed by atoms with E-state index in [0.29, 0.717) is 5.41 Å². The molecule has 0 N–H and O–H groups in total. The molecule has 1 aromatic carbocycles. The third kappa shape index (κ3) is 2.02. The SMILES string of the molecule is Clc1cc2c(c(CC3(CBr)CC4CCC3C4)c1)OCC2. The molecule has 108 valence electrons. The monoisotopic (exact) mass is 354 g/mol. The molecule has 3 unspecified atom stereocenters. The van der Waals surface area contributed by atoms with E-state index in [1.165, 1.54) is 36.8 Å². The Labute approximate surface area is 134 Å². The van der Waals surface area contributed by atoms with E-state index in [2.05, 4.69) is 28.1 Å². The minimum Gasteiger partial charge on any atom is -0.493 e. The molecule has 1 aliphatic heterocycles. The van der Waals surface area contributed by atoms with Gasteiger partial charge in [0.25, 0.3) is 0 Å². The first-order valence-corrected chi connectivity index (χ1v) is 9.20. The van der Waals surface area contributed by atoms with Crippen LogP contribution in [0.3, 0.4) is 0 Å². The highest BCUT2D eigenvalue weighted by Gasteiger charge is 2.50. The third-order valence-electron chi connectivity index (χ3n) is 5.74. The molecule has 1 nitrogen and oxygen atoms in total.